The van der Waals surface area contributed by atoms with E-state index in [4.69, 9.17) is 5.11 Å². The summed E-state index contributed by atoms with van der Waals surface area (Å²) in [6.45, 7) is 8.94. The quantitative estimate of drug-likeness (QED) is 0.824. The number of rotatable bonds is 4. The lowest BCUT2D eigenvalue weighted by Crippen LogP contribution is -2.17. The standard InChI is InChI=1S/C14H20O2Si/c1-5-12(17-14(2,3)4)10-6-8-11(9-7-10)13(15)16/h6-9,12H,5H2,1-4H3,(H,15,16). The topological polar surface area (TPSA) is 37.3 Å². The molecule has 0 aliphatic rings. The number of benzene rings is 1. The van der Waals surface area contributed by atoms with Crippen LogP contribution in [0.1, 0.15) is 55.6 Å². The van der Waals surface area contributed by atoms with Gasteiger partial charge in [0.1, 0.15) is 0 Å². The Balaban J connectivity index is 2.86. The van der Waals surface area contributed by atoms with Crippen LogP contribution in [-0.4, -0.2) is 20.6 Å². The van der Waals surface area contributed by atoms with Crippen LogP contribution >= 0.6 is 0 Å². The first-order valence-electron chi connectivity index (χ1n) is 5.94. The van der Waals surface area contributed by atoms with E-state index in [1.165, 1.54) is 5.56 Å². The van der Waals surface area contributed by atoms with Crippen molar-refractivity contribution >= 4 is 15.5 Å². The minimum atomic E-state index is -0.858. The van der Waals surface area contributed by atoms with E-state index in [0.29, 0.717) is 16.1 Å². The summed E-state index contributed by atoms with van der Waals surface area (Å²) < 4.78 is 0. The molecule has 0 spiro atoms. The predicted octanol–water partition coefficient (Wildman–Crippen LogP) is 3.76. The van der Waals surface area contributed by atoms with Crippen molar-refractivity contribution in [3.8, 4) is 0 Å². The molecule has 3 heteroatoms. The van der Waals surface area contributed by atoms with E-state index in [1.54, 1.807) is 12.1 Å². The third-order valence-corrected chi connectivity index (χ3v) is 4.53. The van der Waals surface area contributed by atoms with Gasteiger partial charge in [0.05, 0.1) is 15.1 Å². The molecule has 2 nitrogen and oxygen atoms in total. The maximum absolute atomic E-state index is 10.8. The lowest BCUT2D eigenvalue weighted by molar-refractivity contribution is 0.0697. The highest BCUT2D eigenvalue weighted by Crippen LogP contribution is 2.30. The van der Waals surface area contributed by atoms with E-state index in [9.17, 15) is 4.79 Å². The fourth-order valence-corrected chi connectivity index (χ4v) is 3.41. The molecule has 0 aromatic heterocycles. The van der Waals surface area contributed by atoms with Gasteiger partial charge in [-0.15, -0.1) is 0 Å². The number of hydrogen-bond acceptors (Lipinski definition) is 1. The second kappa shape index (κ2) is 5.49. The Labute approximate surface area is 106 Å². The molecule has 0 saturated heterocycles. The Hall–Kier alpha value is -1.09. The average Bonchev–Trinajstić information content (AvgIpc) is 2.25. The third kappa shape index (κ3) is 4.34. The fourth-order valence-electron chi connectivity index (χ4n) is 1.80. The van der Waals surface area contributed by atoms with E-state index >= 15 is 0 Å². The minimum Gasteiger partial charge on any atom is -0.478 e. The van der Waals surface area contributed by atoms with Gasteiger partial charge >= 0.3 is 5.97 Å². The van der Waals surface area contributed by atoms with Crippen molar-refractivity contribution in [2.75, 3.05) is 0 Å². The van der Waals surface area contributed by atoms with Gasteiger partial charge in [0.2, 0.25) is 0 Å². The van der Waals surface area contributed by atoms with Gasteiger partial charge in [-0.1, -0.05) is 46.2 Å². The normalized spacial score (nSPS) is 13.4. The molecule has 1 atom stereocenters. The Morgan fingerprint density at radius 1 is 1.29 bits per heavy atom. The largest absolute Gasteiger partial charge is 0.478 e. The van der Waals surface area contributed by atoms with E-state index in [1.807, 2.05) is 12.1 Å². The summed E-state index contributed by atoms with van der Waals surface area (Å²) in [6.07, 6.45) is 1.10. The molecule has 0 amide bonds. The molecule has 1 aromatic rings. The molecule has 0 saturated carbocycles. The van der Waals surface area contributed by atoms with E-state index in [-0.39, 0.29) is 0 Å². The van der Waals surface area contributed by atoms with Crippen molar-refractivity contribution in [2.45, 2.75) is 44.7 Å². The molecular formula is C14H20O2Si. The summed E-state index contributed by atoms with van der Waals surface area (Å²) in [4.78, 5) is 10.8. The van der Waals surface area contributed by atoms with Gasteiger partial charge in [0.15, 0.2) is 0 Å². The highest BCUT2D eigenvalue weighted by atomic mass is 28.2. The minimum absolute atomic E-state index is 0.326. The maximum Gasteiger partial charge on any atom is 0.335 e. The highest BCUT2D eigenvalue weighted by molar-refractivity contribution is 6.41. The molecular weight excluding hydrogens is 228 g/mol. The molecule has 92 valence electrons. The van der Waals surface area contributed by atoms with Gasteiger partial charge in [-0.2, -0.15) is 0 Å². The Morgan fingerprint density at radius 2 is 1.82 bits per heavy atom. The average molecular weight is 248 g/mol. The first kappa shape index (κ1) is 14.0. The lowest BCUT2D eigenvalue weighted by Gasteiger charge is -2.24. The Kier molecular flexibility index (Phi) is 4.51. The molecule has 2 radical (unpaired) electrons. The van der Waals surface area contributed by atoms with E-state index in [0.717, 1.165) is 15.9 Å². The summed E-state index contributed by atoms with van der Waals surface area (Å²) in [7, 11) is 0.854. The van der Waals surface area contributed by atoms with Crippen LogP contribution in [-0.2, 0) is 0 Å². The van der Waals surface area contributed by atoms with Crippen LogP contribution < -0.4 is 0 Å². The number of aromatic carboxylic acids is 1. The summed E-state index contributed by atoms with van der Waals surface area (Å²) in [5.41, 5.74) is 2.16. The molecule has 0 aliphatic heterocycles. The van der Waals surface area contributed by atoms with Gasteiger partial charge in [-0.05, 0) is 28.3 Å². The number of hydrogen-bond donors (Lipinski definition) is 1. The van der Waals surface area contributed by atoms with Crippen LogP contribution in [0.5, 0.6) is 0 Å². The monoisotopic (exact) mass is 248 g/mol. The first-order valence-corrected chi connectivity index (χ1v) is 7.02. The van der Waals surface area contributed by atoms with E-state index < -0.39 is 5.97 Å². The Bertz CT molecular complexity index is 376. The second-order valence-corrected chi connectivity index (χ2v) is 7.77. The second-order valence-electron chi connectivity index (χ2n) is 5.28. The lowest BCUT2D eigenvalue weighted by atomic mass is 10.1. The summed E-state index contributed by atoms with van der Waals surface area (Å²) >= 11 is 0. The van der Waals surface area contributed by atoms with Crippen LogP contribution in [0.2, 0.25) is 5.04 Å². The van der Waals surface area contributed by atoms with Crippen molar-refractivity contribution < 1.29 is 9.90 Å². The van der Waals surface area contributed by atoms with Gasteiger partial charge < -0.3 is 5.11 Å². The highest BCUT2D eigenvalue weighted by Gasteiger charge is 2.20. The SMILES string of the molecule is CCC([Si]C(C)(C)C)c1ccc(C(=O)O)cc1. The summed E-state index contributed by atoms with van der Waals surface area (Å²) in [5.74, 6) is -0.858. The van der Waals surface area contributed by atoms with Gasteiger partial charge in [0, 0.05) is 0 Å². The molecule has 1 aromatic carbocycles. The molecule has 1 unspecified atom stereocenters. The zero-order valence-corrected chi connectivity index (χ0v) is 11.9. The maximum atomic E-state index is 10.8. The molecule has 1 N–H and O–H groups in total. The van der Waals surface area contributed by atoms with Gasteiger partial charge in [0.25, 0.3) is 0 Å². The zero-order valence-electron chi connectivity index (χ0n) is 10.9. The molecule has 0 heterocycles. The number of carboxylic acids is 1. The summed E-state index contributed by atoms with van der Waals surface area (Å²) in [6, 6.07) is 7.31. The van der Waals surface area contributed by atoms with Gasteiger partial charge in [-0.3, -0.25) is 0 Å². The van der Waals surface area contributed by atoms with Gasteiger partial charge in [-0.25, -0.2) is 4.79 Å². The first-order chi connectivity index (χ1) is 7.83. The molecule has 0 bridgehead atoms. The number of carbonyl (C=O) groups is 1. The van der Waals surface area contributed by atoms with Crippen molar-refractivity contribution in [3.05, 3.63) is 35.4 Å². The summed E-state index contributed by atoms with van der Waals surface area (Å²) in [5, 5.41) is 9.19. The van der Waals surface area contributed by atoms with Crippen molar-refractivity contribution in [1.82, 2.24) is 0 Å². The third-order valence-electron chi connectivity index (χ3n) is 2.58. The van der Waals surface area contributed by atoms with Crippen LogP contribution in [0, 0.1) is 0 Å². The molecule has 1 rings (SSSR count). The van der Waals surface area contributed by atoms with Crippen molar-refractivity contribution in [2.24, 2.45) is 0 Å². The van der Waals surface area contributed by atoms with E-state index in [2.05, 4.69) is 27.7 Å². The molecule has 17 heavy (non-hydrogen) atoms. The van der Waals surface area contributed by atoms with Crippen molar-refractivity contribution in [3.63, 3.8) is 0 Å². The van der Waals surface area contributed by atoms with Crippen LogP contribution in [0.3, 0.4) is 0 Å². The predicted molar refractivity (Wildman–Crippen MR) is 71.9 cm³/mol. The molecule has 0 fully saturated rings. The van der Waals surface area contributed by atoms with Crippen LogP contribution in [0.15, 0.2) is 24.3 Å². The van der Waals surface area contributed by atoms with Crippen molar-refractivity contribution in [1.29, 1.82) is 0 Å². The Morgan fingerprint density at radius 3 is 2.18 bits per heavy atom. The smallest absolute Gasteiger partial charge is 0.335 e. The fraction of sp³-hybridized carbons (Fsp3) is 0.500. The van der Waals surface area contributed by atoms with Crippen LogP contribution in [0.4, 0.5) is 0 Å². The van der Waals surface area contributed by atoms with Crippen LogP contribution in [0.25, 0.3) is 0 Å². The number of carboxylic acid groups (broad SMARTS) is 1. The zero-order chi connectivity index (χ0) is 13.1. The molecule has 0 aliphatic carbocycles.